The van der Waals surface area contributed by atoms with Crippen LogP contribution in [0.3, 0.4) is 0 Å². The highest BCUT2D eigenvalue weighted by Gasteiger charge is 2.28. The number of ether oxygens (including phenoxy) is 1. The van der Waals surface area contributed by atoms with Gasteiger partial charge >= 0.3 is 6.18 Å². The molecule has 0 unspecified atom stereocenters. The van der Waals surface area contributed by atoms with Crippen molar-refractivity contribution in [2.45, 2.75) is 25.1 Å². The minimum Gasteiger partial charge on any atom is -0.484 e. The molecule has 1 amide bonds. The minimum atomic E-state index is -4.38. The van der Waals surface area contributed by atoms with Crippen LogP contribution in [0.2, 0.25) is 0 Å². The van der Waals surface area contributed by atoms with Crippen LogP contribution < -0.4 is 10.1 Å². The van der Waals surface area contributed by atoms with Crippen molar-refractivity contribution in [3.8, 4) is 5.75 Å². The molecule has 0 fully saturated rings. The summed E-state index contributed by atoms with van der Waals surface area (Å²) in [6.45, 7) is -1.35. The Kier molecular flexibility index (Phi) is 4.46. The number of fused-ring (bicyclic) bond motifs is 1. The molecule has 3 nitrogen and oxygen atoms in total. The van der Waals surface area contributed by atoms with Gasteiger partial charge in [0.2, 0.25) is 0 Å². The number of nitrogens with one attached hydrogen (secondary N) is 1. The van der Waals surface area contributed by atoms with Gasteiger partial charge in [-0.05, 0) is 48.2 Å². The van der Waals surface area contributed by atoms with Gasteiger partial charge in [-0.25, -0.2) is 0 Å². The number of hydrogen-bond acceptors (Lipinski definition) is 2. The average molecular weight is 335 g/mol. The lowest BCUT2D eigenvalue weighted by Crippen LogP contribution is -2.35. The second-order valence-electron chi connectivity index (χ2n) is 5.78. The minimum absolute atomic E-state index is 0.0380. The first-order valence-electron chi connectivity index (χ1n) is 7.58. The Hall–Kier alpha value is -2.50. The van der Waals surface area contributed by atoms with Gasteiger partial charge in [0.05, 0.1) is 0 Å². The van der Waals surface area contributed by atoms with Crippen LogP contribution in [0.1, 0.15) is 21.5 Å². The van der Waals surface area contributed by atoms with E-state index in [2.05, 4.69) is 10.1 Å². The molecular weight excluding hydrogens is 319 g/mol. The molecule has 0 aromatic heterocycles. The molecule has 1 aliphatic carbocycles. The number of carbonyl (C=O) groups excluding carboxylic acids is 1. The standard InChI is InChI=1S/C18H16F3NO2/c19-18(20,21)11-24-16-7-5-12(6-8-16)17(23)22-15-9-13-3-1-2-4-14(13)10-15/h1-8,15H,9-11H2,(H,22,23). The summed E-state index contributed by atoms with van der Waals surface area (Å²) in [6.07, 6.45) is -2.81. The third-order valence-electron chi connectivity index (χ3n) is 3.91. The molecule has 0 atom stereocenters. The zero-order chi connectivity index (χ0) is 17.2. The molecule has 0 saturated heterocycles. The molecule has 0 aliphatic heterocycles. The van der Waals surface area contributed by atoms with Gasteiger partial charge in [-0.3, -0.25) is 4.79 Å². The number of amides is 1. The summed E-state index contributed by atoms with van der Waals surface area (Å²) < 4.78 is 40.9. The number of alkyl halides is 3. The number of halogens is 3. The molecule has 2 aromatic rings. The third kappa shape index (κ3) is 4.07. The Morgan fingerprint density at radius 1 is 1.04 bits per heavy atom. The largest absolute Gasteiger partial charge is 0.484 e. The zero-order valence-electron chi connectivity index (χ0n) is 12.8. The first kappa shape index (κ1) is 16.4. The van der Waals surface area contributed by atoms with Crippen LogP contribution in [0.5, 0.6) is 5.75 Å². The summed E-state index contributed by atoms with van der Waals surface area (Å²) in [6, 6.07) is 13.7. The summed E-state index contributed by atoms with van der Waals surface area (Å²) >= 11 is 0. The van der Waals surface area contributed by atoms with Gasteiger partial charge in [-0.2, -0.15) is 13.2 Å². The zero-order valence-corrected chi connectivity index (χ0v) is 12.8. The Balaban J connectivity index is 1.56. The van der Waals surface area contributed by atoms with Crippen LogP contribution in [0.25, 0.3) is 0 Å². The van der Waals surface area contributed by atoms with Gasteiger partial charge in [0.1, 0.15) is 5.75 Å². The Bertz CT molecular complexity index is 701. The summed E-state index contributed by atoms with van der Waals surface area (Å²) in [5.74, 6) is -0.160. The molecule has 0 spiro atoms. The van der Waals surface area contributed by atoms with Gasteiger partial charge in [0.15, 0.2) is 6.61 Å². The highest BCUT2D eigenvalue weighted by molar-refractivity contribution is 5.94. The maximum absolute atomic E-state index is 12.2. The van der Waals surface area contributed by atoms with E-state index < -0.39 is 12.8 Å². The third-order valence-corrected chi connectivity index (χ3v) is 3.91. The van der Waals surface area contributed by atoms with Gasteiger partial charge in [0, 0.05) is 11.6 Å². The van der Waals surface area contributed by atoms with E-state index >= 15 is 0 Å². The summed E-state index contributed by atoms with van der Waals surface area (Å²) in [5.41, 5.74) is 2.86. The van der Waals surface area contributed by atoms with E-state index in [0.29, 0.717) is 5.56 Å². The number of carbonyl (C=O) groups is 1. The van der Waals surface area contributed by atoms with Crippen LogP contribution in [0, 0.1) is 0 Å². The quantitative estimate of drug-likeness (QED) is 0.928. The highest BCUT2D eigenvalue weighted by atomic mass is 19.4. The van der Waals surface area contributed by atoms with Crippen LogP contribution in [-0.4, -0.2) is 24.7 Å². The van der Waals surface area contributed by atoms with E-state index in [9.17, 15) is 18.0 Å². The monoisotopic (exact) mass is 335 g/mol. The maximum atomic E-state index is 12.2. The second-order valence-corrected chi connectivity index (χ2v) is 5.78. The molecular formula is C18H16F3NO2. The maximum Gasteiger partial charge on any atom is 0.422 e. The molecule has 6 heteroatoms. The summed E-state index contributed by atoms with van der Waals surface area (Å²) in [7, 11) is 0. The van der Waals surface area contributed by atoms with Gasteiger partial charge in [-0.1, -0.05) is 24.3 Å². The van der Waals surface area contributed by atoms with Crippen LogP contribution in [0.15, 0.2) is 48.5 Å². The van der Waals surface area contributed by atoms with Crippen LogP contribution >= 0.6 is 0 Å². The Labute approximate surface area is 137 Å². The van der Waals surface area contributed by atoms with Crippen molar-refractivity contribution in [3.63, 3.8) is 0 Å². The average Bonchev–Trinajstić information content (AvgIpc) is 2.95. The van der Waals surface area contributed by atoms with E-state index in [1.165, 1.54) is 35.4 Å². The Morgan fingerprint density at radius 3 is 2.17 bits per heavy atom. The lowest BCUT2D eigenvalue weighted by molar-refractivity contribution is -0.153. The molecule has 1 N–H and O–H groups in total. The smallest absolute Gasteiger partial charge is 0.422 e. The molecule has 2 aromatic carbocycles. The molecule has 126 valence electrons. The highest BCUT2D eigenvalue weighted by Crippen LogP contribution is 2.22. The number of benzene rings is 2. The number of hydrogen-bond donors (Lipinski definition) is 1. The van der Waals surface area contributed by atoms with Crippen LogP contribution in [-0.2, 0) is 12.8 Å². The van der Waals surface area contributed by atoms with Gasteiger partial charge in [0.25, 0.3) is 5.91 Å². The molecule has 3 rings (SSSR count). The van der Waals surface area contributed by atoms with Crippen molar-refractivity contribution in [2.75, 3.05) is 6.61 Å². The molecule has 1 aliphatic rings. The van der Waals surface area contributed by atoms with E-state index in [-0.39, 0.29) is 17.7 Å². The molecule has 0 heterocycles. The van der Waals surface area contributed by atoms with Crippen molar-refractivity contribution < 1.29 is 22.7 Å². The van der Waals surface area contributed by atoms with E-state index in [0.717, 1.165) is 12.8 Å². The number of rotatable bonds is 4. The van der Waals surface area contributed by atoms with Crippen LogP contribution in [0.4, 0.5) is 13.2 Å². The summed E-state index contributed by atoms with van der Waals surface area (Å²) in [4.78, 5) is 12.2. The van der Waals surface area contributed by atoms with Crippen molar-refractivity contribution in [3.05, 3.63) is 65.2 Å². The summed E-state index contributed by atoms with van der Waals surface area (Å²) in [5, 5.41) is 2.96. The topological polar surface area (TPSA) is 38.3 Å². The first-order valence-corrected chi connectivity index (χ1v) is 7.58. The second kappa shape index (κ2) is 6.55. The lowest BCUT2D eigenvalue weighted by atomic mass is 10.1. The first-order chi connectivity index (χ1) is 11.4. The fraction of sp³-hybridized carbons (Fsp3) is 0.278. The van der Waals surface area contributed by atoms with Crippen molar-refractivity contribution in [1.29, 1.82) is 0 Å². The predicted octanol–water partition coefficient (Wildman–Crippen LogP) is 3.52. The molecule has 0 radical (unpaired) electrons. The van der Waals surface area contributed by atoms with Crippen molar-refractivity contribution >= 4 is 5.91 Å². The van der Waals surface area contributed by atoms with E-state index in [1.54, 1.807) is 0 Å². The normalized spacial score (nSPS) is 14.3. The fourth-order valence-electron chi connectivity index (χ4n) is 2.80. The molecule has 24 heavy (non-hydrogen) atoms. The molecule has 0 saturated carbocycles. The van der Waals surface area contributed by atoms with Crippen molar-refractivity contribution in [1.82, 2.24) is 5.32 Å². The predicted molar refractivity (Wildman–Crippen MR) is 83.1 cm³/mol. The SMILES string of the molecule is O=C(NC1Cc2ccccc2C1)c1ccc(OCC(F)(F)F)cc1. The van der Waals surface area contributed by atoms with E-state index in [4.69, 9.17) is 0 Å². The fourth-order valence-corrected chi connectivity index (χ4v) is 2.80. The molecule has 0 bridgehead atoms. The van der Waals surface area contributed by atoms with Gasteiger partial charge < -0.3 is 10.1 Å². The van der Waals surface area contributed by atoms with Gasteiger partial charge in [-0.15, -0.1) is 0 Å². The Morgan fingerprint density at radius 2 is 1.62 bits per heavy atom. The van der Waals surface area contributed by atoms with Crippen molar-refractivity contribution in [2.24, 2.45) is 0 Å². The lowest BCUT2D eigenvalue weighted by Gasteiger charge is -2.13. The van der Waals surface area contributed by atoms with E-state index in [1.807, 2.05) is 24.3 Å².